The molecule has 0 aromatic heterocycles. The summed E-state index contributed by atoms with van der Waals surface area (Å²) in [5, 5.41) is 2.78. The van der Waals surface area contributed by atoms with Gasteiger partial charge in [-0.15, -0.1) is 0 Å². The van der Waals surface area contributed by atoms with Crippen LogP contribution in [0.2, 0.25) is 0 Å². The molecule has 5 nitrogen and oxygen atoms in total. The lowest BCUT2D eigenvalue weighted by Crippen LogP contribution is -2.31. The summed E-state index contributed by atoms with van der Waals surface area (Å²) in [6.45, 7) is 3.67. The van der Waals surface area contributed by atoms with Crippen LogP contribution in [0.1, 0.15) is 12.5 Å². The number of rotatable bonds is 7. The molecule has 0 aliphatic heterocycles. The van der Waals surface area contributed by atoms with Crippen molar-refractivity contribution in [3.63, 3.8) is 0 Å². The molecule has 0 bridgehead atoms. The third-order valence-electron chi connectivity index (χ3n) is 2.79. The minimum Gasteiger partial charge on any atom is -0.493 e. The summed E-state index contributed by atoms with van der Waals surface area (Å²) in [5.41, 5.74) is 1.06. The van der Waals surface area contributed by atoms with Crippen LogP contribution in [0, 0.1) is 0 Å². The molecule has 19 heavy (non-hydrogen) atoms. The number of carbonyl (C=O) groups excluding carboxylic acids is 1. The van der Waals surface area contributed by atoms with Gasteiger partial charge in [-0.25, -0.2) is 0 Å². The second-order valence-electron chi connectivity index (χ2n) is 4.37. The number of nitrogens with zero attached hydrogens (tertiary/aromatic N) is 1. The fraction of sp³-hybridized carbons (Fsp3) is 0.500. The Morgan fingerprint density at radius 2 is 2.05 bits per heavy atom. The molecule has 1 amide bonds. The van der Waals surface area contributed by atoms with Crippen LogP contribution in [0.3, 0.4) is 0 Å². The van der Waals surface area contributed by atoms with Crippen LogP contribution >= 0.6 is 0 Å². The van der Waals surface area contributed by atoms with E-state index >= 15 is 0 Å². The van der Waals surface area contributed by atoms with Gasteiger partial charge in [0, 0.05) is 32.1 Å². The van der Waals surface area contributed by atoms with E-state index in [4.69, 9.17) is 9.47 Å². The maximum absolute atomic E-state index is 10.8. The number of amides is 1. The third kappa shape index (κ3) is 4.79. The van der Waals surface area contributed by atoms with Crippen molar-refractivity contribution in [1.82, 2.24) is 10.2 Å². The molecule has 0 aliphatic carbocycles. The number of hydrogen-bond donors (Lipinski definition) is 1. The summed E-state index contributed by atoms with van der Waals surface area (Å²) in [7, 11) is 5.27. The highest BCUT2D eigenvalue weighted by Crippen LogP contribution is 2.31. The predicted octanol–water partition coefficient (Wildman–Crippen LogP) is 1.27. The van der Waals surface area contributed by atoms with Crippen molar-refractivity contribution in [2.24, 2.45) is 0 Å². The lowest BCUT2D eigenvalue weighted by molar-refractivity contribution is -0.119. The molecule has 0 saturated heterocycles. The number of hydrogen-bond acceptors (Lipinski definition) is 4. The van der Waals surface area contributed by atoms with E-state index < -0.39 is 0 Å². The maximum Gasteiger partial charge on any atom is 0.216 e. The zero-order valence-electron chi connectivity index (χ0n) is 12.0. The van der Waals surface area contributed by atoms with Crippen molar-refractivity contribution in [2.75, 3.05) is 34.4 Å². The van der Waals surface area contributed by atoms with Crippen LogP contribution in [0.15, 0.2) is 18.2 Å². The number of methoxy groups -OCH3 is 2. The van der Waals surface area contributed by atoms with E-state index in [1.54, 1.807) is 14.2 Å². The largest absolute Gasteiger partial charge is 0.493 e. The summed E-state index contributed by atoms with van der Waals surface area (Å²) in [5.74, 6) is 1.49. The van der Waals surface area contributed by atoms with Crippen LogP contribution in [0.25, 0.3) is 0 Å². The average Bonchev–Trinajstić information content (AvgIpc) is 2.37. The summed E-state index contributed by atoms with van der Waals surface area (Å²) in [4.78, 5) is 12.9. The van der Waals surface area contributed by atoms with Crippen molar-refractivity contribution in [1.29, 1.82) is 0 Å². The molecule has 106 valence electrons. The molecule has 1 aromatic carbocycles. The van der Waals surface area contributed by atoms with Gasteiger partial charge in [0.05, 0.1) is 14.2 Å². The maximum atomic E-state index is 10.8. The Hall–Kier alpha value is -1.75. The number of likely N-dealkylation sites (N-methyl/N-ethyl adjacent to an activating group) is 1. The van der Waals surface area contributed by atoms with E-state index in [0.717, 1.165) is 30.2 Å². The molecule has 0 radical (unpaired) electrons. The fourth-order valence-corrected chi connectivity index (χ4v) is 1.87. The lowest BCUT2D eigenvalue weighted by atomic mass is 10.1. The Kier molecular flexibility index (Phi) is 6.15. The van der Waals surface area contributed by atoms with E-state index in [0.29, 0.717) is 6.54 Å². The summed E-state index contributed by atoms with van der Waals surface area (Å²) in [6, 6.07) is 5.83. The van der Waals surface area contributed by atoms with Crippen molar-refractivity contribution in [3.8, 4) is 11.5 Å². The standard InChI is InChI=1S/C14H22N2O3/c1-11(17)15-8-9-16(2)10-12-6-5-7-13(18-3)14(12)19-4/h5-7H,8-10H2,1-4H3,(H,15,17). The predicted molar refractivity (Wildman–Crippen MR) is 74.6 cm³/mol. The Morgan fingerprint density at radius 3 is 2.63 bits per heavy atom. The van der Waals surface area contributed by atoms with Crippen LogP contribution < -0.4 is 14.8 Å². The average molecular weight is 266 g/mol. The molecule has 5 heteroatoms. The Bertz CT molecular complexity index is 421. The summed E-state index contributed by atoms with van der Waals surface area (Å²) >= 11 is 0. The first-order chi connectivity index (χ1) is 9.08. The molecule has 0 unspecified atom stereocenters. The van der Waals surface area contributed by atoms with E-state index in [-0.39, 0.29) is 5.91 Å². The smallest absolute Gasteiger partial charge is 0.216 e. The van der Waals surface area contributed by atoms with E-state index in [1.807, 2.05) is 25.2 Å². The van der Waals surface area contributed by atoms with Gasteiger partial charge in [-0.2, -0.15) is 0 Å². The second kappa shape index (κ2) is 7.63. The molecule has 1 rings (SSSR count). The first kappa shape index (κ1) is 15.3. The highest BCUT2D eigenvalue weighted by atomic mass is 16.5. The van der Waals surface area contributed by atoms with Gasteiger partial charge in [0.1, 0.15) is 0 Å². The third-order valence-corrected chi connectivity index (χ3v) is 2.79. The monoisotopic (exact) mass is 266 g/mol. The van der Waals surface area contributed by atoms with Crippen LogP contribution in [0.4, 0.5) is 0 Å². The highest BCUT2D eigenvalue weighted by molar-refractivity contribution is 5.72. The van der Waals surface area contributed by atoms with Crippen LogP contribution in [-0.2, 0) is 11.3 Å². The van der Waals surface area contributed by atoms with Crippen molar-refractivity contribution in [3.05, 3.63) is 23.8 Å². The lowest BCUT2D eigenvalue weighted by Gasteiger charge is -2.19. The SMILES string of the molecule is COc1cccc(CN(C)CCNC(C)=O)c1OC. The van der Waals surface area contributed by atoms with Gasteiger partial charge in [-0.3, -0.25) is 4.79 Å². The minimum absolute atomic E-state index is 0.00707. The Labute approximate surface area is 114 Å². The van der Waals surface area contributed by atoms with Crippen molar-refractivity contribution >= 4 is 5.91 Å². The molecule has 0 spiro atoms. The van der Waals surface area contributed by atoms with Gasteiger partial charge in [0.25, 0.3) is 0 Å². The molecule has 1 aromatic rings. The van der Waals surface area contributed by atoms with Gasteiger partial charge in [-0.05, 0) is 13.1 Å². The Morgan fingerprint density at radius 1 is 1.32 bits per heavy atom. The van der Waals surface area contributed by atoms with Crippen molar-refractivity contribution < 1.29 is 14.3 Å². The number of carbonyl (C=O) groups is 1. The number of para-hydroxylation sites is 1. The summed E-state index contributed by atoms with van der Waals surface area (Å²) < 4.78 is 10.7. The zero-order chi connectivity index (χ0) is 14.3. The Balaban J connectivity index is 2.63. The molecule has 0 saturated carbocycles. The van der Waals surface area contributed by atoms with Crippen LogP contribution in [0.5, 0.6) is 11.5 Å². The van der Waals surface area contributed by atoms with E-state index in [1.165, 1.54) is 6.92 Å². The fourth-order valence-electron chi connectivity index (χ4n) is 1.87. The first-order valence-corrected chi connectivity index (χ1v) is 6.21. The molecular weight excluding hydrogens is 244 g/mol. The second-order valence-corrected chi connectivity index (χ2v) is 4.37. The molecule has 0 atom stereocenters. The number of benzene rings is 1. The first-order valence-electron chi connectivity index (χ1n) is 6.21. The molecule has 1 N–H and O–H groups in total. The zero-order valence-corrected chi connectivity index (χ0v) is 12.0. The van der Waals surface area contributed by atoms with Crippen LogP contribution in [-0.4, -0.2) is 45.2 Å². The van der Waals surface area contributed by atoms with Crippen molar-refractivity contribution in [2.45, 2.75) is 13.5 Å². The topological polar surface area (TPSA) is 50.8 Å². The minimum atomic E-state index is -0.00707. The normalized spacial score (nSPS) is 10.4. The van der Waals surface area contributed by atoms with Gasteiger partial charge in [0.15, 0.2) is 11.5 Å². The molecule has 0 aliphatic rings. The number of ether oxygens (including phenoxy) is 2. The molecular formula is C14H22N2O3. The highest BCUT2D eigenvalue weighted by Gasteiger charge is 2.11. The van der Waals surface area contributed by atoms with Gasteiger partial charge in [-0.1, -0.05) is 12.1 Å². The van der Waals surface area contributed by atoms with Gasteiger partial charge >= 0.3 is 0 Å². The molecule has 0 heterocycles. The van der Waals surface area contributed by atoms with E-state index in [2.05, 4.69) is 10.2 Å². The van der Waals surface area contributed by atoms with E-state index in [9.17, 15) is 4.79 Å². The van der Waals surface area contributed by atoms with Gasteiger partial charge in [0.2, 0.25) is 5.91 Å². The quantitative estimate of drug-likeness (QED) is 0.807. The molecule has 0 fully saturated rings. The summed E-state index contributed by atoms with van der Waals surface area (Å²) in [6.07, 6.45) is 0. The van der Waals surface area contributed by atoms with Gasteiger partial charge < -0.3 is 19.7 Å². The number of nitrogens with one attached hydrogen (secondary N) is 1.